The van der Waals surface area contributed by atoms with Crippen LogP contribution in [-0.4, -0.2) is 77.1 Å². The maximum atomic E-state index is 12.5. The van der Waals surface area contributed by atoms with E-state index >= 15 is 0 Å². The van der Waals surface area contributed by atoms with Crippen molar-refractivity contribution in [1.82, 2.24) is 14.8 Å². The molecule has 0 spiro atoms. The van der Waals surface area contributed by atoms with Gasteiger partial charge in [0.1, 0.15) is 12.4 Å². The molecule has 2 saturated heterocycles. The van der Waals surface area contributed by atoms with E-state index < -0.39 is 0 Å². The third-order valence-corrected chi connectivity index (χ3v) is 9.62. The molecule has 2 amide bonds. The molecule has 1 aliphatic carbocycles. The third kappa shape index (κ3) is 3.74. The molecule has 10 heteroatoms. The first kappa shape index (κ1) is 23.4. The number of fused-ring (bicyclic) bond motifs is 3. The number of piperidine rings is 1. The molecular formula is C27H27ClN4O4S. The average molecular weight is 539 g/mol. The predicted octanol–water partition coefficient (Wildman–Crippen LogP) is 3.39. The van der Waals surface area contributed by atoms with Crippen LogP contribution in [0.15, 0.2) is 30.5 Å². The number of rotatable bonds is 5. The van der Waals surface area contributed by atoms with Crippen LogP contribution in [0, 0.1) is 11.8 Å². The van der Waals surface area contributed by atoms with E-state index in [1.165, 1.54) is 4.90 Å². The monoisotopic (exact) mass is 538 g/mol. The molecule has 7 rings (SSSR count). The number of pyridine rings is 1. The highest BCUT2D eigenvalue weighted by Gasteiger charge is 2.58. The zero-order valence-corrected chi connectivity index (χ0v) is 22.0. The maximum Gasteiger partial charge on any atom is 0.233 e. The summed E-state index contributed by atoms with van der Waals surface area (Å²) in [5.41, 5.74) is 3.83. The molecule has 1 saturated carbocycles. The summed E-state index contributed by atoms with van der Waals surface area (Å²) in [6.07, 6.45) is 3.38. The minimum atomic E-state index is -0.0976. The number of halogens is 1. The zero-order chi connectivity index (χ0) is 25.4. The van der Waals surface area contributed by atoms with Gasteiger partial charge in [0.2, 0.25) is 11.8 Å². The van der Waals surface area contributed by atoms with E-state index in [2.05, 4.69) is 21.8 Å². The van der Waals surface area contributed by atoms with Crippen molar-refractivity contribution in [3.05, 3.63) is 40.4 Å². The number of carbonyl (C=O) groups excluding carboxylic acids is 2. The molecule has 37 heavy (non-hydrogen) atoms. The van der Waals surface area contributed by atoms with Crippen LogP contribution in [0.25, 0.3) is 21.3 Å². The minimum Gasteiger partial charge on any atom is -0.489 e. The van der Waals surface area contributed by atoms with Crippen molar-refractivity contribution in [1.29, 1.82) is 0 Å². The first-order chi connectivity index (χ1) is 17.9. The lowest BCUT2D eigenvalue weighted by atomic mass is 9.99. The zero-order valence-electron chi connectivity index (χ0n) is 20.4. The van der Waals surface area contributed by atoms with Crippen molar-refractivity contribution in [2.45, 2.75) is 31.5 Å². The predicted molar refractivity (Wildman–Crippen MR) is 142 cm³/mol. The average Bonchev–Trinajstić information content (AvgIpc) is 3.35. The third-order valence-electron chi connectivity index (χ3n) is 8.26. The van der Waals surface area contributed by atoms with E-state index in [0.717, 1.165) is 57.2 Å². The Morgan fingerprint density at radius 1 is 1.16 bits per heavy atom. The molecule has 3 fully saturated rings. The van der Waals surface area contributed by atoms with Gasteiger partial charge in [-0.15, -0.1) is 11.3 Å². The number of nitrogens with zero attached hydrogens (tertiary/aromatic N) is 4. The second-order valence-corrected chi connectivity index (χ2v) is 12.1. The number of aliphatic hydroxyl groups is 1. The Balaban J connectivity index is 1.29. The molecule has 3 aliphatic heterocycles. The van der Waals surface area contributed by atoms with Crippen LogP contribution < -0.4 is 9.64 Å². The summed E-state index contributed by atoms with van der Waals surface area (Å²) in [5.74, 6) is 0.484. The Bertz CT molecular complexity index is 1420. The van der Waals surface area contributed by atoms with E-state index in [9.17, 15) is 14.7 Å². The molecule has 192 valence electrons. The summed E-state index contributed by atoms with van der Waals surface area (Å²) in [5, 5.41) is 10.4. The highest BCUT2D eigenvalue weighted by atomic mass is 35.5. The second-order valence-electron chi connectivity index (χ2n) is 10.5. The van der Waals surface area contributed by atoms with Crippen molar-refractivity contribution in [2.75, 3.05) is 38.3 Å². The Hall–Kier alpha value is -2.72. The van der Waals surface area contributed by atoms with Gasteiger partial charge < -0.3 is 14.7 Å². The molecule has 2 unspecified atom stereocenters. The van der Waals surface area contributed by atoms with Crippen molar-refractivity contribution < 1.29 is 19.4 Å². The van der Waals surface area contributed by atoms with Crippen molar-refractivity contribution >= 4 is 50.7 Å². The number of ether oxygens (including phenoxy) is 1. The van der Waals surface area contributed by atoms with Gasteiger partial charge in [-0.3, -0.25) is 24.4 Å². The number of amides is 2. The van der Waals surface area contributed by atoms with Gasteiger partial charge in [-0.1, -0.05) is 11.6 Å². The summed E-state index contributed by atoms with van der Waals surface area (Å²) < 4.78 is 7.09. The number of likely N-dealkylation sites (N-methyl/N-ethyl adjacent to an activating group) is 1. The van der Waals surface area contributed by atoms with Crippen LogP contribution in [0.4, 0.5) is 5.69 Å². The molecule has 2 aromatic heterocycles. The highest BCUT2D eigenvalue weighted by Crippen LogP contribution is 2.49. The number of aliphatic hydroxyl groups excluding tert-OH is 1. The normalized spacial score (nSPS) is 27.1. The van der Waals surface area contributed by atoms with Crippen LogP contribution in [0.2, 0.25) is 5.02 Å². The number of likely N-dealkylation sites (tertiary alicyclic amines) is 2. The lowest BCUT2D eigenvalue weighted by Crippen LogP contribution is -2.42. The number of carbonyl (C=O) groups is 2. The van der Waals surface area contributed by atoms with Gasteiger partial charge >= 0.3 is 0 Å². The molecule has 4 atom stereocenters. The molecule has 3 aromatic rings. The molecule has 0 bridgehead atoms. The lowest BCUT2D eigenvalue weighted by molar-refractivity contribution is -0.141. The van der Waals surface area contributed by atoms with Crippen LogP contribution >= 0.6 is 22.9 Å². The van der Waals surface area contributed by atoms with Crippen LogP contribution in [-0.2, 0) is 16.1 Å². The number of imide groups is 1. The quantitative estimate of drug-likeness (QED) is 0.498. The summed E-state index contributed by atoms with van der Waals surface area (Å²) in [6.45, 7) is 2.63. The standard InChI is InChI=1S/C27H27ClN4O4S/c1-30-11-15(8-16(30)13-33)31-4-5-36-23-7-14(28)6-19(24(23)31)18-2-3-29-22-9-17(37-25(18)22)12-32-26(34)20-10-21(20)27(32)35/h2-3,6-7,9,15-16,20-21,33H,4-5,8,10-13H2,1H3/t15-,16+,20?,21?/m0/s1. The van der Waals surface area contributed by atoms with Crippen LogP contribution in [0.1, 0.15) is 17.7 Å². The minimum absolute atomic E-state index is 0.0416. The number of aromatic nitrogens is 1. The molecule has 1 N–H and O–H groups in total. The number of anilines is 1. The summed E-state index contributed by atoms with van der Waals surface area (Å²) in [6, 6.07) is 8.24. The summed E-state index contributed by atoms with van der Waals surface area (Å²) >= 11 is 8.16. The molecule has 0 radical (unpaired) electrons. The summed E-state index contributed by atoms with van der Waals surface area (Å²) in [4.78, 5) is 36.6. The Labute approximate surface area is 223 Å². The Morgan fingerprint density at radius 3 is 2.73 bits per heavy atom. The molecule has 8 nitrogen and oxygen atoms in total. The van der Waals surface area contributed by atoms with Gasteiger partial charge in [-0.05, 0) is 38.1 Å². The first-order valence-electron chi connectivity index (χ1n) is 12.7. The van der Waals surface area contributed by atoms with E-state index in [4.69, 9.17) is 16.3 Å². The van der Waals surface area contributed by atoms with Gasteiger partial charge in [0.25, 0.3) is 0 Å². The molecule has 5 heterocycles. The Kier molecular flexibility index (Phi) is 5.48. The number of benzene rings is 1. The van der Waals surface area contributed by atoms with Crippen molar-refractivity contribution in [3.8, 4) is 16.9 Å². The lowest BCUT2D eigenvalue weighted by Gasteiger charge is -2.37. The first-order valence-corrected chi connectivity index (χ1v) is 13.9. The summed E-state index contributed by atoms with van der Waals surface area (Å²) in [7, 11) is 2.06. The Morgan fingerprint density at radius 2 is 1.97 bits per heavy atom. The largest absolute Gasteiger partial charge is 0.489 e. The fourth-order valence-electron chi connectivity index (χ4n) is 6.25. The van der Waals surface area contributed by atoms with Crippen molar-refractivity contribution in [3.63, 3.8) is 0 Å². The van der Waals surface area contributed by atoms with Gasteiger partial charge in [-0.2, -0.15) is 0 Å². The van der Waals surface area contributed by atoms with E-state index in [1.54, 1.807) is 17.5 Å². The topological polar surface area (TPSA) is 86.2 Å². The number of hydrogen-bond acceptors (Lipinski definition) is 8. The van der Waals surface area contributed by atoms with Crippen LogP contribution in [0.3, 0.4) is 0 Å². The fraction of sp³-hybridized carbons (Fsp3) is 0.444. The van der Waals surface area contributed by atoms with Crippen LogP contribution in [0.5, 0.6) is 5.75 Å². The van der Waals surface area contributed by atoms with E-state index in [0.29, 0.717) is 24.6 Å². The second kappa shape index (κ2) is 8.66. The SMILES string of the molecule is CN1C[C@@H](N2CCOc3cc(Cl)cc(-c4ccnc5cc(CN6C(=O)C7CC7C6=O)sc45)c32)C[C@@H]1CO. The number of thiophene rings is 1. The molecule has 1 aromatic carbocycles. The highest BCUT2D eigenvalue weighted by molar-refractivity contribution is 7.19. The van der Waals surface area contributed by atoms with E-state index in [-0.39, 0.29) is 42.3 Å². The maximum absolute atomic E-state index is 12.5. The molecular weight excluding hydrogens is 512 g/mol. The van der Waals surface area contributed by atoms with Gasteiger partial charge in [0, 0.05) is 51.9 Å². The molecule has 4 aliphatic rings. The number of hydrogen-bond donors (Lipinski definition) is 1. The van der Waals surface area contributed by atoms with Gasteiger partial charge in [0.15, 0.2) is 0 Å². The van der Waals surface area contributed by atoms with Crippen molar-refractivity contribution in [2.24, 2.45) is 11.8 Å². The van der Waals surface area contributed by atoms with E-state index in [1.807, 2.05) is 24.3 Å². The van der Waals surface area contributed by atoms with Gasteiger partial charge in [0.05, 0.1) is 47.4 Å². The fourth-order valence-corrected chi connectivity index (χ4v) is 7.58. The van der Waals surface area contributed by atoms with Gasteiger partial charge in [-0.25, -0.2) is 0 Å². The smallest absolute Gasteiger partial charge is 0.233 e.